The molecular formula is C18H30N2O3S. The third-order valence-electron chi connectivity index (χ3n) is 8.32. The predicted molar refractivity (Wildman–Crippen MR) is 94.3 cm³/mol. The van der Waals surface area contributed by atoms with E-state index in [1.807, 2.05) is 0 Å². The lowest BCUT2D eigenvalue weighted by Crippen LogP contribution is -2.54. The minimum atomic E-state index is -3.36. The van der Waals surface area contributed by atoms with Crippen molar-refractivity contribution in [3.8, 4) is 0 Å². The van der Waals surface area contributed by atoms with E-state index in [1.54, 1.807) is 0 Å². The Morgan fingerprint density at radius 3 is 2.46 bits per heavy atom. The number of nitrogens with one attached hydrogen (secondary N) is 1. The molecule has 1 N–H and O–H groups in total. The van der Waals surface area contributed by atoms with Crippen LogP contribution in [0, 0.1) is 16.2 Å². The molecule has 5 nitrogen and oxygen atoms in total. The molecule has 136 valence electrons. The Hall–Kier alpha value is -0.780. The van der Waals surface area contributed by atoms with E-state index in [1.165, 1.54) is 6.42 Å². The van der Waals surface area contributed by atoms with Gasteiger partial charge in [0.25, 0.3) is 6.02 Å². The number of nitrogens with zero attached hydrogens (tertiary/aromatic N) is 1. The van der Waals surface area contributed by atoms with Crippen molar-refractivity contribution >= 4 is 16.0 Å². The Balaban J connectivity index is 1.63. The van der Waals surface area contributed by atoms with Crippen LogP contribution in [0.3, 0.4) is 0 Å². The van der Waals surface area contributed by atoms with Gasteiger partial charge in [-0.05, 0) is 54.8 Å². The largest absolute Gasteiger partial charge is 0.460 e. The summed E-state index contributed by atoms with van der Waals surface area (Å²) in [6, 6.07) is 0.375. The number of amidine groups is 1. The Kier molecular flexibility index (Phi) is 3.40. The van der Waals surface area contributed by atoms with E-state index >= 15 is 0 Å². The van der Waals surface area contributed by atoms with Crippen LogP contribution in [0.1, 0.15) is 72.6 Å². The molecule has 0 aromatic rings. The van der Waals surface area contributed by atoms with Crippen molar-refractivity contribution in [1.29, 1.82) is 0 Å². The van der Waals surface area contributed by atoms with Crippen LogP contribution in [0.25, 0.3) is 0 Å². The zero-order valence-electron chi connectivity index (χ0n) is 15.3. The lowest BCUT2D eigenvalue weighted by Gasteiger charge is -2.40. The van der Waals surface area contributed by atoms with Gasteiger partial charge in [0.2, 0.25) is 10.0 Å². The van der Waals surface area contributed by atoms with Crippen molar-refractivity contribution in [1.82, 2.24) is 4.72 Å². The molecular weight excluding hydrogens is 324 g/mol. The zero-order valence-corrected chi connectivity index (χ0v) is 16.1. The number of aliphatic imine (C=N–C) groups is 1. The SMILES string of the molecule is CC1(C)[C@]2(C)CC[C@@]1(C)[C@H](N=C1NS(=O)(=O)C3CCCCC3O1)C2. The number of hydrogen-bond donors (Lipinski definition) is 1. The van der Waals surface area contributed by atoms with Crippen LogP contribution >= 0.6 is 0 Å². The molecule has 1 saturated heterocycles. The molecule has 0 amide bonds. The van der Waals surface area contributed by atoms with Crippen LogP contribution in [-0.2, 0) is 14.8 Å². The van der Waals surface area contributed by atoms with Crippen LogP contribution in [0.5, 0.6) is 0 Å². The highest BCUT2D eigenvalue weighted by Gasteiger charge is 2.67. The Bertz CT molecular complexity index is 686. The average Bonchev–Trinajstić information content (AvgIpc) is 2.75. The smallest absolute Gasteiger partial charge is 0.299 e. The van der Waals surface area contributed by atoms with Crippen molar-refractivity contribution in [2.75, 3.05) is 0 Å². The maximum absolute atomic E-state index is 12.6. The maximum Gasteiger partial charge on any atom is 0.299 e. The fraction of sp³-hybridized carbons (Fsp3) is 0.944. The van der Waals surface area contributed by atoms with Gasteiger partial charge in [-0.1, -0.05) is 34.1 Å². The number of sulfonamides is 1. The molecule has 1 heterocycles. The maximum atomic E-state index is 12.6. The standard InChI is InChI=1S/C18H30N2O3S/c1-16(2)17(3)9-10-18(16,4)14(11-17)19-15-20-24(21,22)13-8-6-5-7-12(13)23-15/h12-14H,5-11H2,1-4H3,(H,19,20)/t12?,13?,14-,17-,18+/m1/s1. The normalized spacial score (nSPS) is 50.2. The van der Waals surface area contributed by atoms with Crippen molar-refractivity contribution in [3.63, 3.8) is 0 Å². The monoisotopic (exact) mass is 354 g/mol. The molecule has 4 rings (SSSR count). The predicted octanol–water partition coefficient (Wildman–Crippen LogP) is 3.21. The highest BCUT2D eigenvalue weighted by molar-refractivity contribution is 7.90. The quantitative estimate of drug-likeness (QED) is 0.786. The van der Waals surface area contributed by atoms with Crippen LogP contribution in [0.2, 0.25) is 0 Å². The van der Waals surface area contributed by atoms with E-state index in [9.17, 15) is 8.42 Å². The Morgan fingerprint density at radius 1 is 1.12 bits per heavy atom. The van der Waals surface area contributed by atoms with E-state index in [4.69, 9.17) is 9.73 Å². The van der Waals surface area contributed by atoms with Crippen LogP contribution in [0.4, 0.5) is 0 Å². The van der Waals surface area contributed by atoms with Crippen molar-refractivity contribution in [3.05, 3.63) is 0 Å². The number of fused-ring (bicyclic) bond motifs is 3. The molecule has 1 aliphatic heterocycles. The van der Waals surface area contributed by atoms with E-state index in [-0.39, 0.29) is 34.4 Å². The van der Waals surface area contributed by atoms with Gasteiger partial charge in [0.15, 0.2) is 0 Å². The van der Waals surface area contributed by atoms with E-state index < -0.39 is 15.3 Å². The van der Waals surface area contributed by atoms with Crippen molar-refractivity contribution in [2.24, 2.45) is 21.2 Å². The second-order valence-corrected chi connectivity index (χ2v) is 11.3. The first-order valence-corrected chi connectivity index (χ1v) is 10.9. The Labute approximate surface area is 145 Å². The third kappa shape index (κ3) is 2.04. The summed E-state index contributed by atoms with van der Waals surface area (Å²) >= 11 is 0. The van der Waals surface area contributed by atoms with Crippen LogP contribution in [0.15, 0.2) is 4.99 Å². The van der Waals surface area contributed by atoms with Gasteiger partial charge in [0.1, 0.15) is 11.4 Å². The molecule has 4 fully saturated rings. The van der Waals surface area contributed by atoms with Gasteiger partial charge >= 0.3 is 0 Å². The van der Waals surface area contributed by atoms with Gasteiger partial charge < -0.3 is 4.74 Å². The summed E-state index contributed by atoms with van der Waals surface area (Å²) in [5.41, 5.74) is 0.583. The number of hydrogen-bond acceptors (Lipinski definition) is 4. The van der Waals surface area contributed by atoms with Crippen LogP contribution in [-0.4, -0.2) is 31.8 Å². The summed E-state index contributed by atoms with van der Waals surface area (Å²) in [6.45, 7) is 9.38. The molecule has 0 spiro atoms. The lowest BCUT2D eigenvalue weighted by atomic mass is 9.65. The molecule has 2 bridgehead atoms. The van der Waals surface area contributed by atoms with Gasteiger partial charge in [0.05, 0.1) is 6.04 Å². The minimum absolute atomic E-state index is 0.104. The first kappa shape index (κ1) is 16.7. The van der Waals surface area contributed by atoms with Gasteiger partial charge in [-0.2, -0.15) is 0 Å². The first-order chi connectivity index (χ1) is 11.1. The molecule has 6 heteroatoms. The fourth-order valence-electron chi connectivity index (χ4n) is 5.75. The average molecular weight is 355 g/mol. The lowest BCUT2D eigenvalue weighted by molar-refractivity contribution is 0.0931. The van der Waals surface area contributed by atoms with E-state index in [0.29, 0.717) is 6.42 Å². The highest BCUT2D eigenvalue weighted by atomic mass is 32.2. The fourth-order valence-corrected chi connectivity index (χ4v) is 7.31. The zero-order chi connectivity index (χ0) is 17.4. The molecule has 0 aromatic heterocycles. The minimum Gasteiger partial charge on any atom is -0.460 e. The number of ether oxygens (including phenoxy) is 1. The van der Waals surface area contributed by atoms with E-state index in [2.05, 4.69) is 32.4 Å². The first-order valence-electron chi connectivity index (χ1n) is 9.35. The summed E-state index contributed by atoms with van der Waals surface area (Å²) in [6.07, 6.45) is 6.68. The second-order valence-electron chi connectivity index (χ2n) is 9.38. The van der Waals surface area contributed by atoms with Gasteiger partial charge in [-0.25, -0.2) is 18.1 Å². The number of rotatable bonds is 1. The molecule has 24 heavy (non-hydrogen) atoms. The van der Waals surface area contributed by atoms with Crippen molar-refractivity contribution < 1.29 is 13.2 Å². The molecule has 3 saturated carbocycles. The van der Waals surface area contributed by atoms with Crippen LogP contribution < -0.4 is 4.72 Å². The summed E-state index contributed by atoms with van der Waals surface area (Å²) in [7, 11) is -3.36. The molecule has 5 atom stereocenters. The summed E-state index contributed by atoms with van der Waals surface area (Å²) in [4.78, 5) is 4.82. The Morgan fingerprint density at radius 2 is 1.83 bits per heavy atom. The molecule has 0 radical (unpaired) electrons. The summed E-state index contributed by atoms with van der Waals surface area (Å²) in [5, 5.41) is -0.408. The molecule has 3 aliphatic carbocycles. The second kappa shape index (κ2) is 4.89. The van der Waals surface area contributed by atoms with Crippen molar-refractivity contribution in [2.45, 2.75) is 90.0 Å². The molecule has 4 aliphatic rings. The topological polar surface area (TPSA) is 67.8 Å². The third-order valence-corrected chi connectivity index (χ3v) is 10.1. The highest BCUT2D eigenvalue weighted by Crippen LogP contribution is 2.72. The van der Waals surface area contributed by atoms with Gasteiger partial charge in [-0.3, -0.25) is 0 Å². The summed E-state index contributed by atoms with van der Waals surface area (Å²) < 4.78 is 33.8. The van der Waals surface area contributed by atoms with Gasteiger partial charge in [-0.15, -0.1) is 0 Å². The van der Waals surface area contributed by atoms with E-state index in [0.717, 1.165) is 32.1 Å². The molecule has 2 unspecified atom stereocenters. The summed E-state index contributed by atoms with van der Waals surface area (Å²) in [5.74, 6) is 0. The van der Waals surface area contributed by atoms with Gasteiger partial charge in [0, 0.05) is 0 Å². The molecule has 0 aromatic carbocycles.